The molecule has 0 aliphatic heterocycles. The minimum absolute atomic E-state index is 0.0200. The van der Waals surface area contributed by atoms with Gasteiger partial charge in [-0.05, 0) is 41.1 Å². The number of rotatable bonds is 4. The van der Waals surface area contributed by atoms with Gasteiger partial charge in [-0.25, -0.2) is 8.42 Å². The second-order valence-electron chi connectivity index (χ2n) is 5.04. The van der Waals surface area contributed by atoms with Crippen LogP contribution in [0.25, 0.3) is 11.0 Å². The summed E-state index contributed by atoms with van der Waals surface area (Å²) in [6.45, 7) is 1.74. The van der Waals surface area contributed by atoms with Crippen LogP contribution < -0.4 is 10.3 Å². The van der Waals surface area contributed by atoms with E-state index in [9.17, 15) is 13.2 Å². The Bertz CT molecular complexity index is 1030. The highest BCUT2D eigenvalue weighted by Gasteiger charge is 2.21. The number of nitrogens with one attached hydrogen (secondary N) is 2. The van der Waals surface area contributed by atoms with Crippen LogP contribution in [0.3, 0.4) is 0 Å². The number of fused-ring (bicyclic) bond motifs is 1. The van der Waals surface area contributed by atoms with Crippen LogP contribution in [0.4, 0.5) is 0 Å². The number of hydrogen-bond acceptors (Lipinski definition) is 4. The van der Waals surface area contributed by atoms with Crippen molar-refractivity contribution in [3.05, 3.63) is 64.3 Å². The molecule has 124 valence electrons. The summed E-state index contributed by atoms with van der Waals surface area (Å²) in [6.07, 6.45) is 0. The third-order valence-electron chi connectivity index (χ3n) is 3.48. The standard InChI is InChI=1S/C16H13BrN2O4S/c1-10-11-6-2-4-8-13(11)23-15(10)16(20)18-19-24(21,22)14-9-5-3-7-12(14)17/h2-9,19H,1H3,(H,18,20). The Morgan fingerprint density at radius 1 is 1.08 bits per heavy atom. The number of carbonyl (C=O) groups excluding carboxylic acids is 1. The van der Waals surface area contributed by atoms with Gasteiger partial charge in [0.05, 0.1) is 4.90 Å². The molecule has 3 rings (SSSR count). The number of carbonyl (C=O) groups is 1. The Labute approximate surface area is 147 Å². The van der Waals surface area contributed by atoms with Crippen molar-refractivity contribution in [1.29, 1.82) is 0 Å². The number of para-hydroxylation sites is 1. The average molecular weight is 409 g/mol. The summed E-state index contributed by atoms with van der Waals surface area (Å²) in [5.74, 6) is -0.606. The van der Waals surface area contributed by atoms with Gasteiger partial charge in [-0.1, -0.05) is 30.3 Å². The molecule has 0 spiro atoms. The number of halogens is 1. The maximum atomic E-state index is 12.3. The zero-order chi connectivity index (χ0) is 17.3. The third kappa shape index (κ3) is 3.08. The zero-order valence-electron chi connectivity index (χ0n) is 12.5. The van der Waals surface area contributed by atoms with E-state index in [0.717, 1.165) is 5.39 Å². The van der Waals surface area contributed by atoms with Gasteiger partial charge in [0.2, 0.25) is 0 Å². The normalized spacial score (nSPS) is 11.6. The summed E-state index contributed by atoms with van der Waals surface area (Å²) < 4.78 is 30.4. The van der Waals surface area contributed by atoms with Crippen molar-refractivity contribution in [2.75, 3.05) is 0 Å². The topological polar surface area (TPSA) is 88.4 Å². The van der Waals surface area contributed by atoms with Crippen molar-refractivity contribution < 1.29 is 17.6 Å². The average Bonchev–Trinajstić information content (AvgIpc) is 2.90. The number of furan rings is 1. The van der Waals surface area contributed by atoms with Gasteiger partial charge in [-0.15, -0.1) is 4.83 Å². The van der Waals surface area contributed by atoms with E-state index in [1.165, 1.54) is 6.07 Å². The summed E-state index contributed by atoms with van der Waals surface area (Å²) in [7, 11) is -3.91. The summed E-state index contributed by atoms with van der Waals surface area (Å²) in [5.41, 5.74) is 3.38. The first-order valence-electron chi connectivity index (χ1n) is 6.95. The predicted octanol–water partition coefficient (Wildman–Crippen LogP) is 3.13. The largest absolute Gasteiger partial charge is 0.451 e. The highest BCUT2D eigenvalue weighted by Crippen LogP contribution is 2.25. The number of amides is 1. The highest BCUT2D eigenvalue weighted by atomic mass is 79.9. The maximum Gasteiger partial charge on any atom is 0.302 e. The van der Waals surface area contributed by atoms with Gasteiger partial charge in [0.25, 0.3) is 10.0 Å². The summed E-state index contributed by atoms with van der Waals surface area (Å²) in [6, 6.07) is 13.5. The monoisotopic (exact) mass is 408 g/mol. The molecular weight excluding hydrogens is 396 g/mol. The molecule has 0 saturated carbocycles. The van der Waals surface area contributed by atoms with E-state index in [0.29, 0.717) is 15.6 Å². The number of hydrogen-bond donors (Lipinski definition) is 2. The first-order valence-corrected chi connectivity index (χ1v) is 9.22. The summed E-state index contributed by atoms with van der Waals surface area (Å²) >= 11 is 3.17. The molecule has 1 aromatic heterocycles. The van der Waals surface area contributed by atoms with Gasteiger partial charge < -0.3 is 4.42 Å². The van der Waals surface area contributed by atoms with E-state index in [-0.39, 0.29) is 10.7 Å². The van der Waals surface area contributed by atoms with E-state index in [1.807, 2.05) is 12.1 Å². The lowest BCUT2D eigenvalue weighted by Crippen LogP contribution is -2.41. The molecule has 0 aliphatic carbocycles. The van der Waals surface area contributed by atoms with Crippen LogP contribution in [0, 0.1) is 6.92 Å². The SMILES string of the molecule is Cc1c(C(=O)NNS(=O)(=O)c2ccccc2Br)oc2ccccc12. The molecule has 0 aliphatic rings. The molecule has 0 fully saturated rings. The molecule has 2 aromatic carbocycles. The van der Waals surface area contributed by atoms with Crippen LogP contribution in [0.15, 0.2) is 62.3 Å². The maximum absolute atomic E-state index is 12.3. The van der Waals surface area contributed by atoms with Gasteiger partial charge in [-0.3, -0.25) is 10.2 Å². The summed E-state index contributed by atoms with van der Waals surface area (Å²) in [5, 5.41) is 0.802. The Morgan fingerprint density at radius 2 is 1.75 bits per heavy atom. The van der Waals surface area contributed by atoms with Gasteiger partial charge in [-0.2, -0.15) is 0 Å². The fourth-order valence-electron chi connectivity index (χ4n) is 2.28. The number of sulfonamides is 1. The molecule has 1 amide bonds. The quantitative estimate of drug-likeness (QED) is 0.649. The molecule has 0 bridgehead atoms. The molecule has 2 N–H and O–H groups in total. The molecule has 0 atom stereocenters. The summed E-state index contributed by atoms with van der Waals surface area (Å²) in [4.78, 5) is 14.3. The second-order valence-corrected chi connectivity index (χ2v) is 7.55. The third-order valence-corrected chi connectivity index (χ3v) is 5.73. The first-order chi connectivity index (χ1) is 11.4. The van der Waals surface area contributed by atoms with Crippen LogP contribution in [-0.2, 0) is 10.0 Å². The lowest BCUT2D eigenvalue weighted by atomic mass is 10.1. The van der Waals surface area contributed by atoms with Gasteiger partial charge >= 0.3 is 5.91 Å². The van der Waals surface area contributed by atoms with Crippen LogP contribution in [-0.4, -0.2) is 14.3 Å². The van der Waals surface area contributed by atoms with Crippen molar-refractivity contribution in [1.82, 2.24) is 10.3 Å². The fourth-order valence-corrected chi connectivity index (χ4v) is 4.12. The molecule has 0 saturated heterocycles. The van der Waals surface area contributed by atoms with Gasteiger partial charge in [0.1, 0.15) is 5.58 Å². The first kappa shape index (κ1) is 16.7. The van der Waals surface area contributed by atoms with Crippen LogP contribution >= 0.6 is 15.9 Å². The van der Waals surface area contributed by atoms with Gasteiger partial charge in [0.15, 0.2) is 5.76 Å². The van der Waals surface area contributed by atoms with E-state index in [4.69, 9.17) is 4.42 Å². The van der Waals surface area contributed by atoms with E-state index in [2.05, 4.69) is 26.2 Å². The van der Waals surface area contributed by atoms with E-state index in [1.54, 1.807) is 37.3 Å². The molecule has 3 aromatic rings. The Hall–Kier alpha value is -2.16. The van der Waals surface area contributed by atoms with Crippen molar-refractivity contribution in [2.24, 2.45) is 0 Å². The second kappa shape index (κ2) is 6.39. The van der Waals surface area contributed by atoms with E-state index < -0.39 is 15.9 Å². The van der Waals surface area contributed by atoms with Crippen molar-refractivity contribution in [2.45, 2.75) is 11.8 Å². The van der Waals surface area contributed by atoms with Crippen molar-refractivity contribution >= 4 is 42.8 Å². The minimum Gasteiger partial charge on any atom is -0.451 e. The zero-order valence-corrected chi connectivity index (χ0v) is 14.9. The molecule has 1 heterocycles. The van der Waals surface area contributed by atoms with Crippen LogP contribution in [0.5, 0.6) is 0 Å². The lowest BCUT2D eigenvalue weighted by Gasteiger charge is -2.09. The Balaban J connectivity index is 1.82. The molecule has 0 unspecified atom stereocenters. The molecular formula is C16H13BrN2O4S. The van der Waals surface area contributed by atoms with Gasteiger partial charge in [0, 0.05) is 15.4 Å². The Morgan fingerprint density at radius 3 is 2.46 bits per heavy atom. The fraction of sp³-hybridized carbons (Fsp3) is 0.0625. The molecule has 0 radical (unpaired) electrons. The van der Waals surface area contributed by atoms with Crippen molar-refractivity contribution in [3.8, 4) is 0 Å². The highest BCUT2D eigenvalue weighted by molar-refractivity contribution is 9.10. The molecule has 24 heavy (non-hydrogen) atoms. The lowest BCUT2D eigenvalue weighted by molar-refractivity contribution is 0.0918. The minimum atomic E-state index is -3.91. The predicted molar refractivity (Wildman–Crippen MR) is 92.9 cm³/mol. The number of hydrazine groups is 1. The number of benzene rings is 2. The van der Waals surface area contributed by atoms with Crippen LogP contribution in [0.1, 0.15) is 16.1 Å². The molecule has 6 nitrogen and oxygen atoms in total. The van der Waals surface area contributed by atoms with Crippen LogP contribution in [0.2, 0.25) is 0 Å². The van der Waals surface area contributed by atoms with E-state index >= 15 is 0 Å². The number of aryl methyl sites for hydroxylation is 1. The molecule has 8 heteroatoms. The smallest absolute Gasteiger partial charge is 0.302 e. The van der Waals surface area contributed by atoms with Crippen molar-refractivity contribution in [3.63, 3.8) is 0 Å². The Kier molecular flexibility index (Phi) is 4.44.